The SMILES string of the molecule is O=C1Nc2ccccc2C1=O.[Na]. The molecule has 0 bridgehead atoms. The molecule has 1 heterocycles. The molecule has 1 aliphatic rings. The topological polar surface area (TPSA) is 46.2 Å². The summed E-state index contributed by atoms with van der Waals surface area (Å²) in [4.78, 5) is 21.8. The van der Waals surface area contributed by atoms with Crippen molar-refractivity contribution in [3.63, 3.8) is 0 Å². The molecule has 0 spiro atoms. The third kappa shape index (κ3) is 1.31. The number of ketones is 1. The van der Waals surface area contributed by atoms with Crippen molar-refractivity contribution in [2.75, 3.05) is 5.32 Å². The molecule has 55 valence electrons. The minimum atomic E-state index is -0.536. The summed E-state index contributed by atoms with van der Waals surface area (Å²) in [6.45, 7) is 0. The van der Waals surface area contributed by atoms with Crippen LogP contribution in [-0.4, -0.2) is 41.2 Å². The standard InChI is InChI=1S/C8H5NO2.Na/c10-7-5-3-1-2-4-6(5)9-8(7)11;/h1-4H,(H,9,10,11);. The van der Waals surface area contributed by atoms with Gasteiger partial charge in [0.2, 0.25) is 0 Å². The summed E-state index contributed by atoms with van der Waals surface area (Å²) in [5, 5.41) is 2.46. The Morgan fingerprint density at radius 1 is 1.08 bits per heavy atom. The summed E-state index contributed by atoms with van der Waals surface area (Å²) in [5.74, 6) is -0.980. The van der Waals surface area contributed by atoms with Gasteiger partial charge in [-0.15, -0.1) is 0 Å². The Labute approximate surface area is 91.4 Å². The number of hydrogen-bond donors (Lipinski definition) is 1. The van der Waals surface area contributed by atoms with Crippen molar-refractivity contribution in [2.24, 2.45) is 0 Å². The number of carbonyl (C=O) groups is 2. The van der Waals surface area contributed by atoms with Crippen LogP contribution in [0.15, 0.2) is 24.3 Å². The van der Waals surface area contributed by atoms with Crippen LogP contribution in [0.2, 0.25) is 0 Å². The van der Waals surface area contributed by atoms with Gasteiger partial charge in [-0.05, 0) is 12.1 Å². The molecular weight excluding hydrogens is 165 g/mol. The van der Waals surface area contributed by atoms with Crippen molar-refractivity contribution in [1.82, 2.24) is 0 Å². The Bertz CT molecular complexity index is 349. The molecule has 0 saturated carbocycles. The summed E-state index contributed by atoms with van der Waals surface area (Å²) in [6.07, 6.45) is 0. The zero-order valence-electron chi connectivity index (χ0n) is 6.63. The van der Waals surface area contributed by atoms with E-state index in [2.05, 4.69) is 5.32 Å². The van der Waals surface area contributed by atoms with Crippen LogP contribution in [0.4, 0.5) is 5.69 Å². The molecule has 1 aliphatic heterocycles. The minimum absolute atomic E-state index is 0. The molecule has 1 N–H and O–H groups in total. The summed E-state index contributed by atoms with van der Waals surface area (Å²) < 4.78 is 0. The molecule has 0 fully saturated rings. The Balaban J connectivity index is 0.000000720. The smallest absolute Gasteiger partial charge is 0.296 e. The summed E-state index contributed by atoms with van der Waals surface area (Å²) >= 11 is 0. The first kappa shape index (κ1) is 9.45. The fourth-order valence-electron chi connectivity index (χ4n) is 1.09. The van der Waals surface area contributed by atoms with Gasteiger partial charge in [0.1, 0.15) is 0 Å². The van der Waals surface area contributed by atoms with Crippen LogP contribution in [0.25, 0.3) is 0 Å². The fourth-order valence-corrected chi connectivity index (χ4v) is 1.09. The molecule has 4 heteroatoms. The monoisotopic (exact) mass is 170 g/mol. The van der Waals surface area contributed by atoms with E-state index in [0.29, 0.717) is 11.3 Å². The number of carbonyl (C=O) groups excluding carboxylic acids is 2. The number of amides is 1. The molecule has 0 aliphatic carbocycles. The predicted molar refractivity (Wildman–Crippen MR) is 45.2 cm³/mol. The largest absolute Gasteiger partial charge is 0.318 e. The van der Waals surface area contributed by atoms with E-state index < -0.39 is 11.7 Å². The van der Waals surface area contributed by atoms with E-state index in [4.69, 9.17) is 0 Å². The number of anilines is 1. The molecule has 1 radical (unpaired) electrons. The second kappa shape index (κ2) is 3.39. The number of nitrogens with one attached hydrogen (secondary N) is 1. The number of para-hydroxylation sites is 1. The van der Waals surface area contributed by atoms with Gasteiger partial charge in [0.15, 0.2) is 0 Å². The Hall–Kier alpha value is -0.640. The van der Waals surface area contributed by atoms with E-state index in [1.807, 2.05) is 0 Å². The maximum atomic E-state index is 11.0. The van der Waals surface area contributed by atoms with Gasteiger partial charge in [-0.1, -0.05) is 12.1 Å². The van der Waals surface area contributed by atoms with E-state index in [-0.39, 0.29) is 29.6 Å². The Morgan fingerprint density at radius 3 is 2.42 bits per heavy atom. The minimum Gasteiger partial charge on any atom is -0.318 e. The Kier molecular flexibility index (Phi) is 2.67. The van der Waals surface area contributed by atoms with Gasteiger partial charge in [0, 0.05) is 29.6 Å². The van der Waals surface area contributed by atoms with E-state index in [1.54, 1.807) is 24.3 Å². The molecule has 0 atom stereocenters. The second-order valence-electron chi connectivity index (χ2n) is 2.33. The van der Waals surface area contributed by atoms with Gasteiger partial charge >= 0.3 is 0 Å². The number of fused-ring (bicyclic) bond motifs is 1. The molecule has 0 saturated heterocycles. The van der Waals surface area contributed by atoms with Gasteiger partial charge in [0.05, 0.1) is 11.3 Å². The first-order chi connectivity index (χ1) is 5.29. The molecule has 1 aromatic rings. The van der Waals surface area contributed by atoms with Gasteiger partial charge in [-0.25, -0.2) is 0 Å². The van der Waals surface area contributed by atoms with Crippen molar-refractivity contribution in [3.05, 3.63) is 29.8 Å². The molecular formula is C8H5NNaO2. The fraction of sp³-hybridized carbons (Fsp3) is 0. The van der Waals surface area contributed by atoms with Crippen molar-refractivity contribution in [1.29, 1.82) is 0 Å². The van der Waals surface area contributed by atoms with Crippen LogP contribution in [-0.2, 0) is 4.79 Å². The van der Waals surface area contributed by atoms with Crippen molar-refractivity contribution < 1.29 is 9.59 Å². The molecule has 2 rings (SSSR count). The van der Waals surface area contributed by atoms with E-state index in [1.165, 1.54) is 0 Å². The maximum Gasteiger partial charge on any atom is 0.296 e. The van der Waals surface area contributed by atoms with Crippen LogP contribution in [0.5, 0.6) is 0 Å². The molecule has 12 heavy (non-hydrogen) atoms. The van der Waals surface area contributed by atoms with E-state index in [9.17, 15) is 9.59 Å². The van der Waals surface area contributed by atoms with Crippen LogP contribution >= 0.6 is 0 Å². The first-order valence-corrected chi connectivity index (χ1v) is 3.24. The molecule has 3 nitrogen and oxygen atoms in total. The zero-order valence-corrected chi connectivity index (χ0v) is 8.63. The van der Waals surface area contributed by atoms with Gasteiger partial charge < -0.3 is 5.32 Å². The molecule has 1 amide bonds. The molecule has 1 aromatic carbocycles. The Morgan fingerprint density at radius 2 is 1.75 bits per heavy atom. The third-order valence-corrected chi connectivity index (χ3v) is 1.63. The van der Waals surface area contributed by atoms with Crippen molar-refractivity contribution in [3.8, 4) is 0 Å². The number of Topliss-reactive ketones (excluding diaryl/α,β-unsaturated/α-hetero) is 1. The van der Waals surface area contributed by atoms with E-state index in [0.717, 1.165) is 0 Å². The predicted octanol–water partition coefficient (Wildman–Crippen LogP) is 0.441. The zero-order chi connectivity index (χ0) is 7.84. The summed E-state index contributed by atoms with van der Waals surface area (Å²) in [5.41, 5.74) is 1.08. The molecule has 0 unspecified atom stereocenters. The van der Waals surface area contributed by atoms with Crippen LogP contribution < -0.4 is 5.32 Å². The summed E-state index contributed by atoms with van der Waals surface area (Å²) in [6, 6.07) is 6.85. The first-order valence-electron chi connectivity index (χ1n) is 3.24. The average molecular weight is 170 g/mol. The number of benzene rings is 1. The normalized spacial score (nSPS) is 13.3. The number of hydrogen-bond acceptors (Lipinski definition) is 2. The van der Waals surface area contributed by atoms with E-state index >= 15 is 0 Å². The third-order valence-electron chi connectivity index (χ3n) is 1.63. The molecule has 0 aromatic heterocycles. The van der Waals surface area contributed by atoms with Gasteiger partial charge in [-0.3, -0.25) is 9.59 Å². The van der Waals surface area contributed by atoms with Gasteiger partial charge in [0.25, 0.3) is 11.7 Å². The quantitative estimate of drug-likeness (QED) is 0.453. The van der Waals surface area contributed by atoms with Crippen LogP contribution in [0.3, 0.4) is 0 Å². The van der Waals surface area contributed by atoms with Crippen molar-refractivity contribution >= 4 is 46.9 Å². The summed E-state index contributed by atoms with van der Waals surface area (Å²) in [7, 11) is 0. The maximum absolute atomic E-state index is 11.0. The second-order valence-corrected chi connectivity index (χ2v) is 2.33. The van der Waals surface area contributed by atoms with Crippen LogP contribution in [0.1, 0.15) is 10.4 Å². The van der Waals surface area contributed by atoms with Crippen LogP contribution in [0, 0.1) is 0 Å². The average Bonchev–Trinajstić information content (AvgIpc) is 2.30. The van der Waals surface area contributed by atoms with Crippen molar-refractivity contribution in [2.45, 2.75) is 0 Å². The van der Waals surface area contributed by atoms with Gasteiger partial charge in [-0.2, -0.15) is 0 Å². The number of rotatable bonds is 0.